The molecule has 3 aromatic rings. The number of anilines is 1. The fourth-order valence-electron chi connectivity index (χ4n) is 2.15. The Morgan fingerprint density at radius 2 is 2.00 bits per heavy atom. The molecule has 0 fully saturated rings. The smallest absolute Gasteiger partial charge is 0.313 e. The molecule has 1 aromatic heterocycles. The fraction of sp³-hybridized carbons (Fsp3) is 0.118. The standard InChI is InChI=1S/C17H14FN3O3/c1-10-7-8-14(23-2)13(9-10)19-15(22)17-21-20-16(24-17)11-5-3-4-6-12(11)18/h3-9H,1-2H3,(H,19,22). The van der Waals surface area contributed by atoms with Crippen LogP contribution in [-0.2, 0) is 0 Å². The Labute approximate surface area is 137 Å². The Bertz CT molecular complexity index is 892. The fourth-order valence-corrected chi connectivity index (χ4v) is 2.15. The van der Waals surface area contributed by atoms with Gasteiger partial charge in [0.15, 0.2) is 0 Å². The van der Waals surface area contributed by atoms with E-state index >= 15 is 0 Å². The lowest BCUT2D eigenvalue weighted by atomic mass is 10.2. The van der Waals surface area contributed by atoms with Crippen LogP contribution in [0.2, 0.25) is 0 Å². The number of amides is 1. The zero-order valence-corrected chi connectivity index (χ0v) is 13.0. The minimum absolute atomic E-state index is 0.0607. The van der Waals surface area contributed by atoms with Crippen LogP contribution in [0.25, 0.3) is 11.5 Å². The van der Waals surface area contributed by atoms with Gasteiger partial charge in [0.05, 0.1) is 18.4 Å². The number of hydrogen-bond donors (Lipinski definition) is 1. The normalized spacial score (nSPS) is 10.5. The van der Waals surface area contributed by atoms with Crippen LogP contribution >= 0.6 is 0 Å². The zero-order valence-electron chi connectivity index (χ0n) is 13.0. The van der Waals surface area contributed by atoms with Crippen LogP contribution < -0.4 is 10.1 Å². The van der Waals surface area contributed by atoms with Crippen molar-refractivity contribution in [3.8, 4) is 17.2 Å². The van der Waals surface area contributed by atoms with Crippen LogP contribution in [0.15, 0.2) is 46.9 Å². The topological polar surface area (TPSA) is 77.2 Å². The summed E-state index contributed by atoms with van der Waals surface area (Å²) in [5, 5.41) is 10.0. The number of hydrogen-bond acceptors (Lipinski definition) is 5. The molecule has 1 N–H and O–H groups in total. The van der Waals surface area contributed by atoms with Gasteiger partial charge in [0.2, 0.25) is 0 Å². The van der Waals surface area contributed by atoms with E-state index < -0.39 is 11.7 Å². The van der Waals surface area contributed by atoms with Gasteiger partial charge in [0, 0.05) is 0 Å². The van der Waals surface area contributed by atoms with Crippen molar-refractivity contribution >= 4 is 11.6 Å². The van der Waals surface area contributed by atoms with Crippen molar-refractivity contribution in [2.24, 2.45) is 0 Å². The lowest BCUT2D eigenvalue weighted by Gasteiger charge is -2.09. The molecule has 0 bridgehead atoms. The van der Waals surface area contributed by atoms with Crippen molar-refractivity contribution < 1.29 is 18.3 Å². The summed E-state index contributed by atoms with van der Waals surface area (Å²) in [6.45, 7) is 1.89. The van der Waals surface area contributed by atoms with Gasteiger partial charge in [0.25, 0.3) is 5.89 Å². The van der Waals surface area contributed by atoms with E-state index in [2.05, 4.69) is 15.5 Å². The predicted octanol–water partition coefficient (Wildman–Crippen LogP) is 3.45. The predicted molar refractivity (Wildman–Crippen MR) is 85.4 cm³/mol. The Morgan fingerprint density at radius 3 is 2.75 bits per heavy atom. The summed E-state index contributed by atoms with van der Waals surface area (Å²) < 4.78 is 24.2. The van der Waals surface area contributed by atoms with Crippen molar-refractivity contribution in [1.29, 1.82) is 0 Å². The van der Waals surface area contributed by atoms with Gasteiger partial charge < -0.3 is 14.5 Å². The molecule has 6 nitrogen and oxygen atoms in total. The quantitative estimate of drug-likeness (QED) is 0.794. The highest BCUT2D eigenvalue weighted by molar-refractivity contribution is 6.01. The molecular weight excluding hydrogens is 313 g/mol. The van der Waals surface area contributed by atoms with Gasteiger partial charge in [-0.2, -0.15) is 0 Å². The first-order valence-electron chi connectivity index (χ1n) is 7.13. The minimum atomic E-state index is -0.603. The molecule has 24 heavy (non-hydrogen) atoms. The largest absolute Gasteiger partial charge is 0.495 e. The minimum Gasteiger partial charge on any atom is -0.495 e. The summed E-state index contributed by atoms with van der Waals surface area (Å²) in [4.78, 5) is 12.3. The van der Waals surface area contributed by atoms with Crippen LogP contribution in [-0.4, -0.2) is 23.2 Å². The molecule has 2 aromatic carbocycles. The highest BCUT2D eigenvalue weighted by Gasteiger charge is 2.19. The molecule has 0 aliphatic carbocycles. The number of aryl methyl sites for hydroxylation is 1. The summed E-state index contributed by atoms with van der Waals surface area (Å²) in [5.74, 6) is -0.934. The molecule has 0 aliphatic rings. The summed E-state index contributed by atoms with van der Waals surface area (Å²) in [6.07, 6.45) is 0. The molecular formula is C17H14FN3O3. The molecule has 1 amide bonds. The van der Waals surface area contributed by atoms with E-state index in [0.29, 0.717) is 11.4 Å². The maximum Gasteiger partial charge on any atom is 0.313 e. The number of benzene rings is 2. The second-order valence-corrected chi connectivity index (χ2v) is 5.05. The molecule has 0 radical (unpaired) electrons. The summed E-state index contributed by atoms with van der Waals surface area (Å²) in [6, 6.07) is 11.3. The molecule has 0 unspecified atom stereocenters. The third-order valence-corrected chi connectivity index (χ3v) is 3.33. The van der Waals surface area contributed by atoms with Crippen molar-refractivity contribution in [3.63, 3.8) is 0 Å². The number of carbonyl (C=O) groups is 1. The van der Waals surface area contributed by atoms with E-state index in [-0.39, 0.29) is 17.3 Å². The molecule has 1 heterocycles. The van der Waals surface area contributed by atoms with Gasteiger partial charge in [-0.05, 0) is 36.8 Å². The third kappa shape index (κ3) is 3.10. The second kappa shape index (κ2) is 6.49. The summed E-state index contributed by atoms with van der Waals surface area (Å²) in [7, 11) is 1.50. The van der Waals surface area contributed by atoms with Crippen LogP contribution in [0.5, 0.6) is 5.75 Å². The highest BCUT2D eigenvalue weighted by Crippen LogP contribution is 2.26. The number of nitrogens with zero attached hydrogens (tertiary/aromatic N) is 2. The van der Waals surface area contributed by atoms with E-state index in [1.807, 2.05) is 13.0 Å². The Balaban J connectivity index is 1.85. The highest BCUT2D eigenvalue weighted by atomic mass is 19.1. The number of halogens is 1. The molecule has 0 spiro atoms. The van der Waals surface area contributed by atoms with Crippen molar-refractivity contribution in [1.82, 2.24) is 10.2 Å². The maximum atomic E-state index is 13.7. The van der Waals surface area contributed by atoms with Gasteiger partial charge in [-0.1, -0.05) is 18.2 Å². The number of methoxy groups -OCH3 is 1. The van der Waals surface area contributed by atoms with Crippen molar-refractivity contribution in [2.75, 3.05) is 12.4 Å². The van der Waals surface area contributed by atoms with E-state index in [9.17, 15) is 9.18 Å². The second-order valence-electron chi connectivity index (χ2n) is 5.05. The average Bonchev–Trinajstić information content (AvgIpc) is 3.05. The average molecular weight is 327 g/mol. The first-order valence-corrected chi connectivity index (χ1v) is 7.13. The van der Waals surface area contributed by atoms with Gasteiger partial charge in [-0.15, -0.1) is 10.2 Å². The summed E-state index contributed by atoms with van der Waals surface area (Å²) in [5.41, 5.74) is 1.56. The van der Waals surface area contributed by atoms with Gasteiger partial charge >= 0.3 is 11.8 Å². The number of aromatic nitrogens is 2. The molecule has 3 rings (SSSR count). The van der Waals surface area contributed by atoms with E-state index in [1.54, 1.807) is 24.3 Å². The number of ether oxygens (including phenoxy) is 1. The van der Waals surface area contributed by atoms with Crippen molar-refractivity contribution in [2.45, 2.75) is 6.92 Å². The lowest BCUT2D eigenvalue weighted by molar-refractivity contribution is 0.0990. The maximum absolute atomic E-state index is 13.7. The molecule has 7 heteroatoms. The Hall–Kier alpha value is -3.22. The number of rotatable bonds is 4. The van der Waals surface area contributed by atoms with Crippen LogP contribution in [0.4, 0.5) is 10.1 Å². The number of carbonyl (C=O) groups excluding carboxylic acids is 1. The molecule has 0 saturated heterocycles. The SMILES string of the molecule is COc1ccc(C)cc1NC(=O)c1nnc(-c2ccccc2F)o1. The molecule has 0 atom stereocenters. The molecule has 0 saturated carbocycles. The third-order valence-electron chi connectivity index (χ3n) is 3.33. The lowest BCUT2D eigenvalue weighted by Crippen LogP contribution is -2.13. The first kappa shape index (κ1) is 15.7. The van der Waals surface area contributed by atoms with Gasteiger partial charge in [-0.25, -0.2) is 4.39 Å². The summed E-state index contributed by atoms with van der Waals surface area (Å²) >= 11 is 0. The monoisotopic (exact) mass is 327 g/mol. The van der Waals surface area contributed by atoms with Gasteiger partial charge in [0.1, 0.15) is 11.6 Å². The van der Waals surface area contributed by atoms with Crippen LogP contribution in [0.3, 0.4) is 0 Å². The Morgan fingerprint density at radius 1 is 1.21 bits per heavy atom. The first-order chi connectivity index (χ1) is 11.6. The van der Waals surface area contributed by atoms with Crippen LogP contribution in [0.1, 0.15) is 16.2 Å². The molecule has 0 aliphatic heterocycles. The zero-order chi connectivity index (χ0) is 17.1. The van der Waals surface area contributed by atoms with Crippen LogP contribution in [0, 0.1) is 12.7 Å². The van der Waals surface area contributed by atoms with Gasteiger partial charge in [-0.3, -0.25) is 4.79 Å². The van der Waals surface area contributed by atoms with E-state index in [1.165, 1.54) is 19.2 Å². The Kier molecular flexibility index (Phi) is 4.24. The van der Waals surface area contributed by atoms with E-state index in [4.69, 9.17) is 9.15 Å². The van der Waals surface area contributed by atoms with Crippen molar-refractivity contribution in [3.05, 3.63) is 59.7 Å². The van der Waals surface area contributed by atoms with E-state index in [0.717, 1.165) is 5.56 Å². The number of nitrogens with one attached hydrogen (secondary N) is 1. The molecule has 122 valence electrons.